The number of carbonyl (C=O) groups is 2. The standard InChI is InChI=1S/C25H33ClN4O2S/c1-15-19(13-17(26)14-27-15)30-25(2,3)22-11-10-21(33-22)24(32)29-20(12-16-6-4-5-7-16)23(31)28-18-8-9-18/h10-11,13-14,16,18,20,30H,4-9,12H2,1-3H3,(H,28,31)(H,29,32). The normalized spacial score (nSPS) is 17.6. The van der Waals surface area contributed by atoms with Crippen molar-refractivity contribution in [1.29, 1.82) is 0 Å². The number of aromatic nitrogens is 1. The highest BCUT2D eigenvalue weighted by atomic mass is 35.5. The lowest BCUT2D eigenvalue weighted by molar-refractivity contribution is -0.123. The number of amides is 2. The van der Waals surface area contributed by atoms with E-state index in [0.29, 0.717) is 15.8 Å². The van der Waals surface area contributed by atoms with Crippen molar-refractivity contribution in [2.24, 2.45) is 5.92 Å². The number of carbonyl (C=O) groups excluding carboxylic acids is 2. The van der Waals surface area contributed by atoms with Crippen LogP contribution < -0.4 is 16.0 Å². The minimum Gasteiger partial charge on any atom is -0.374 e. The molecule has 0 spiro atoms. The van der Waals surface area contributed by atoms with E-state index in [1.165, 1.54) is 24.2 Å². The fraction of sp³-hybridized carbons (Fsp3) is 0.560. The average Bonchev–Trinajstić information content (AvgIpc) is 3.21. The van der Waals surface area contributed by atoms with Gasteiger partial charge < -0.3 is 16.0 Å². The fourth-order valence-corrected chi connectivity index (χ4v) is 5.52. The van der Waals surface area contributed by atoms with Crippen molar-refractivity contribution in [3.05, 3.63) is 44.9 Å². The Morgan fingerprint density at radius 2 is 1.94 bits per heavy atom. The molecule has 0 aliphatic heterocycles. The maximum absolute atomic E-state index is 13.1. The second-order valence-electron chi connectivity index (χ2n) is 9.90. The average molecular weight is 489 g/mol. The van der Waals surface area contributed by atoms with Gasteiger partial charge in [0, 0.05) is 17.1 Å². The summed E-state index contributed by atoms with van der Waals surface area (Å²) in [4.78, 5) is 31.9. The molecule has 2 aliphatic carbocycles. The zero-order valence-corrected chi connectivity index (χ0v) is 21.1. The van der Waals surface area contributed by atoms with Gasteiger partial charge >= 0.3 is 0 Å². The number of hydrogen-bond donors (Lipinski definition) is 3. The summed E-state index contributed by atoms with van der Waals surface area (Å²) in [5.41, 5.74) is 1.30. The van der Waals surface area contributed by atoms with Crippen molar-refractivity contribution in [2.45, 2.75) is 83.3 Å². The maximum atomic E-state index is 13.1. The molecule has 2 aromatic rings. The van der Waals surface area contributed by atoms with Crippen LogP contribution >= 0.6 is 22.9 Å². The Labute approximate surface area is 204 Å². The van der Waals surface area contributed by atoms with Crippen LogP contribution in [0, 0.1) is 12.8 Å². The lowest BCUT2D eigenvalue weighted by atomic mass is 9.97. The molecule has 0 radical (unpaired) electrons. The molecule has 2 saturated carbocycles. The van der Waals surface area contributed by atoms with Crippen LogP contribution in [0.15, 0.2) is 24.4 Å². The highest BCUT2D eigenvalue weighted by Crippen LogP contribution is 2.33. The molecule has 33 heavy (non-hydrogen) atoms. The number of aryl methyl sites for hydroxylation is 1. The van der Waals surface area contributed by atoms with Crippen molar-refractivity contribution in [1.82, 2.24) is 15.6 Å². The van der Waals surface area contributed by atoms with Crippen LogP contribution in [0.5, 0.6) is 0 Å². The number of rotatable bonds is 9. The van der Waals surface area contributed by atoms with Crippen LogP contribution in [0.2, 0.25) is 5.02 Å². The van der Waals surface area contributed by atoms with Gasteiger partial charge in [-0.25, -0.2) is 0 Å². The van der Waals surface area contributed by atoms with Gasteiger partial charge in [0.1, 0.15) is 6.04 Å². The zero-order valence-electron chi connectivity index (χ0n) is 19.5. The van der Waals surface area contributed by atoms with Gasteiger partial charge in [0.2, 0.25) is 5.91 Å². The van der Waals surface area contributed by atoms with Gasteiger partial charge in [0.05, 0.1) is 26.8 Å². The predicted molar refractivity (Wildman–Crippen MR) is 134 cm³/mol. The van der Waals surface area contributed by atoms with Crippen LogP contribution in [0.25, 0.3) is 0 Å². The molecule has 0 saturated heterocycles. The summed E-state index contributed by atoms with van der Waals surface area (Å²) in [6, 6.07) is 5.48. The van der Waals surface area contributed by atoms with E-state index in [9.17, 15) is 9.59 Å². The predicted octanol–water partition coefficient (Wildman–Crippen LogP) is 5.41. The molecule has 1 unspecified atom stereocenters. The lowest BCUT2D eigenvalue weighted by Gasteiger charge is -2.27. The minimum atomic E-state index is -0.474. The number of nitrogens with zero attached hydrogens (tertiary/aromatic N) is 1. The number of pyridine rings is 1. The quantitative estimate of drug-likeness (QED) is 0.440. The summed E-state index contributed by atoms with van der Waals surface area (Å²) in [5.74, 6) is 0.286. The smallest absolute Gasteiger partial charge is 0.262 e. The molecular weight excluding hydrogens is 456 g/mol. The molecule has 4 rings (SSSR count). The van der Waals surface area contributed by atoms with E-state index in [1.54, 1.807) is 6.20 Å². The topological polar surface area (TPSA) is 83.1 Å². The van der Waals surface area contributed by atoms with Crippen molar-refractivity contribution >= 4 is 40.4 Å². The second kappa shape index (κ2) is 10.0. The maximum Gasteiger partial charge on any atom is 0.262 e. The first kappa shape index (κ1) is 24.0. The molecule has 2 aliphatic rings. The van der Waals surface area contributed by atoms with Gasteiger partial charge in [-0.15, -0.1) is 11.3 Å². The first-order valence-electron chi connectivity index (χ1n) is 11.8. The van der Waals surface area contributed by atoms with Gasteiger partial charge in [-0.2, -0.15) is 0 Å². The summed E-state index contributed by atoms with van der Waals surface area (Å²) in [6.45, 7) is 6.05. The molecule has 6 nitrogen and oxygen atoms in total. The van der Waals surface area contributed by atoms with Crippen LogP contribution in [0.3, 0.4) is 0 Å². The summed E-state index contributed by atoms with van der Waals surface area (Å²) in [6.07, 6.45) is 9.14. The van der Waals surface area contributed by atoms with Crippen molar-refractivity contribution in [2.75, 3.05) is 5.32 Å². The van der Waals surface area contributed by atoms with E-state index in [0.717, 1.165) is 48.4 Å². The van der Waals surface area contributed by atoms with E-state index in [-0.39, 0.29) is 17.9 Å². The number of hydrogen-bond acceptors (Lipinski definition) is 5. The van der Waals surface area contributed by atoms with Crippen LogP contribution in [0.1, 0.15) is 79.0 Å². The summed E-state index contributed by atoms with van der Waals surface area (Å²) < 4.78 is 0. The van der Waals surface area contributed by atoms with E-state index in [2.05, 4.69) is 34.8 Å². The zero-order chi connectivity index (χ0) is 23.6. The van der Waals surface area contributed by atoms with Crippen LogP contribution in [-0.4, -0.2) is 28.9 Å². The first-order valence-corrected chi connectivity index (χ1v) is 13.0. The van der Waals surface area contributed by atoms with E-state index in [4.69, 9.17) is 11.6 Å². The molecule has 8 heteroatoms. The van der Waals surface area contributed by atoms with Gasteiger partial charge in [-0.3, -0.25) is 14.6 Å². The molecule has 3 N–H and O–H groups in total. The Kier molecular flexibility index (Phi) is 7.29. The van der Waals surface area contributed by atoms with Gasteiger partial charge in [-0.1, -0.05) is 37.3 Å². The van der Waals surface area contributed by atoms with Gasteiger partial charge in [0.25, 0.3) is 5.91 Å². The molecule has 0 bridgehead atoms. The number of thiophene rings is 1. The summed E-state index contributed by atoms with van der Waals surface area (Å²) in [5, 5.41) is 10.2. The molecule has 2 fully saturated rings. The number of anilines is 1. The third kappa shape index (κ3) is 6.27. The highest BCUT2D eigenvalue weighted by Gasteiger charge is 2.32. The summed E-state index contributed by atoms with van der Waals surface area (Å²) in [7, 11) is 0. The highest BCUT2D eigenvalue weighted by molar-refractivity contribution is 7.14. The van der Waals surface area contributed by atoms with E-state index in [1.807, 2.05) is 25.1 Å². The van der Waals surface area contributed by atoms with Crippen LogP contribution in [-0.2, 0) is 10.3 Å². The monoisotopic (exact) mass is 488 g/mol. The number of nitrogens with one attached hydrogen (secondary N) is 3. The molecular formula is C25H33ClN4O2S. The Hall–Kier alpha value is -2.12. The van der Waals surface area contributed by atoms with Gasteiger partial charge in [0.15, 0.2) is 0 Å². The molecule has 2 aromatic heterocycles. The number of halogens is 1. The third-order valence-corrected chi connectivity index (χ3v) is 8.15. The molecule has 178 valence electrons. The molecule has 0 aromatic carbocycles. The van der Waals surface area contributed by atoms with E-state index < -0.39 is 11.6 Å². The Bertz CT molecular complexity index is 1010. The SMILES string of the molecule is Cc1ncc(Cl)cc1NC(C)(C)c1ccc(C(=O)NC(CC2CCCC2)C(=O)NC2CC2)s1. The van der Waals surface area contributed by atoms with E-state index >= 15 is 0 Å². The Morgan fingerprint density at radius 1 is 1.21 bits per heavy atom. The van der Waals surface area contributed by atoms with Crippen molar-refractivity contribution in [3.63, 3.8) is 0 Å². The third-order valence-electron chi connectivity index (χ3n) is 6.54. The molecule has 2 amide bonds. The lowest BCUT2D eigenvalue weighted by Crippen LogP contribution is -2.48. The summed E-state index contributed by atoms with van der Waals surface area (Å²) >= 11 is 7.56. The minimum absolute atomic E-state index is 0.0412. The molecule has 2 heterocycles. The van der Waals surface area contributed by atoms with Crippen LogP contribution in [0.4, 0.5) is 5.69 Å². The largest absolute Gasteiger partial charge is 0.374 e. The Balaban J connectivity index is 1.44. The first-order chi connectivity index (χ1) is 15.7. The second-order valence-corrected chi connectivity index (χ2v) is 11.4. The van der Waals surface area contributed by atoms with Crippen molar-refractivity contribution < 1.29 is 9.59 Å². The van der Waals surface area contributed by atoms with Gasteiger partial charge in [-0.05, 0) is 64.2 Å². The van der Waals surface area contributed by atoms with Crippen molar-refractivity contribution in [3.8, 4) is 0 Å². The fourth-order valence-electron chi connectivity index (χ4n) is 4.40. The Morgan fingerprint density at radius 3 is 2.64 bits per heavy atom. The molecule has 1 atom stereocenters.